The molecule has 0 unspecified atom stereocenters. The molecule has 0 spiro atoms. The van der Waals surface area contributed by atoms with Gasteiger partial charge in [-0.1, -0.05) is 0 Å². The van der Waals surface area contributed by atoms with Crippen LogP contribution in [0.5, 0.6) is 0 Å². The lowest BCUT2D eigenvalue weighted by Crippen LogP contribution is -2.16. The topological polar surface area (TPSA) is 94.0 Å². The number of rotatable bonds is 3. The van der Waals surface area contributed by atoms with Crippen molar-refractivity contribution in [1.29, 1.82) is 5.26 Å². The van der Waals surface area contributed by atoms with Gasteiger partial charge in [-0.05, 0) is 0 Å². The van der Waals surface area contributed by atoms with Crippen molar-refractivity contribution in [3.63, 3.8) is 0 Å². The minimum Gasteiger partial charge on any atom is -0.481 e. The first-order chi connectivity index (χ1) is 7.45. The Kier molecular flexibility index (Phi) is 3.35. The average Bonchev–Trinajstić information content (AvgIpc) is 2.19. The number of carboxylic acids is 1. The standard InChI is InChI=1S/C9H6F2N2O3/c10-9(11)8-5(2-7(15)16)4(3-12)1-6(14)13-8/h1,9H,2H2,(H,13,14)(H,15,16). The van der Waals surface area contributed by atoms with Gasteiger partial charge in [0.1, 0.15) is 0 Å². The lowest BCUT2D eigenvalue weighted by Gasteiger charge is -2.07. The summed E-state index contributed by atoms with van der Waals surface area (Å²) in [4.78, 5) is 23.2. The highest BCUT2D eigenvalue weighted by atomic mass is 19.3. The summed E-state index contributed by atoms with van der Waals surface area (Å²) in [5, 5.41) is 17.1. The Balaban J connectivity index is 3.46. The number of aromatic amines is 1. The molecule has 0 saturated heterocycles. The number of H-pyrrole nitrogens is 1. The largest absolute Gasteiger partial charge is 0.481 e. The number of alkyl halides is 2. The lowest BCUT2D eigenvalue weighted by atomic mass is 10.0. The van der Waals surface area contributed by atoms with Crippen molar-refractivity contribution in [1.82, 2.24) is 4.98 Å². The van der Waals surface area contributed by atoms with Crippen LogP contribution in [0.3, 0.4) is 0 Å². The predicted molar refractivity (Wildman–Crippen MR) is 48.1 cm³/mol. The molecule has 0 amide bonds. The van der Waals surface area contributed by atoms with Gasteiger partial charge >= 0.3 is 5.97 Å². The number of hydrogen-bond acceptors (Lipinski definition) is 3. The maximum absolute atomic E-state index is 12.5. The molecule has 0 aliphatic rings. The highest BCUT2D eigenvalue weighted by molar-refractivity contribution is 5.71. The fourth-order valence-electron chi connectivity index (χ4n) is 1.24. The van der Waals surface area contributed by atoms with Crippen LogP contribution in [0.15, 0.2) is 10.9 Å². The molecule has 1 rings (SSSR count). The molecule has 0 aromatic carbocycles. The molecule has 2 N–H and O–H groups in total. The summed E-state index contributed by atoms with van der Waals surface area (Å²) < 4.78 is 25.0. The van der Waals surface area contributed by atoms with Crippen LogP contribution in [0.2, 0.25) is 0 Å². The SMILES string of the molecule is N#Cc1cc(=O)[nH]c(C(F)F)c1CC(=O)O. The zero-order valence-corrected chi connectivity index (χ0v) is 7.83. The van der Waals surface area contributed by atoms with Gasteiger partial charge in [0.2, 0.25) is 5.56 Å². The van der Waals surface area contributed by atoms with Gasteiger partial charge in [0.15, 0.2) is 0 Å². The van der Waals surface area contributed by atoms with E-state index >= 15 is 0 Å². The van der Waals surface area contributed by atoms with Crippen molar-refractivity contribution in [3.05, 3.63) is 33.2 Å². The minimum atomic E-state index is -3.03. The Hall–Kier alpha value is -2.23. The number of aliphatic carboxylic acids is 1. The highest BCUT2D eigenvalue weighted by Crippen LogP contribution is 2.22. The Morgan fingerprint density at radius 2 is 2.25 bits per heavy atom. The van der Waals surface area contributed by atoms with E-state index in [0.717, 1.165) is 6.07 Å². The zero-order chi connectivity index (χ0) is 12.3. The maximum atomic E-state index is 12.5. The lowest BCUT2D eigenvalue weighted by molar-refractivity contribution is -0.136. The third-order valence-corrected chi connectivity index (χ3v) is 1.85. The van der Waals surface area contributed by atoms with Crippen molar-refractivity contribution < 1.29 is 18.7 Å². The van der Waals surface area contributed by atoms with Crippen LogP contribution in [-0.4, -0.2) is 16.1 Å². The second-order valence-electron chi connectivity index (χ2n) is 2.92. The number of pyridine rings is 1. The second kappa shape index (κ2) is 4.53. The molecule has 0 radical (unpaired) electrons. The first-order valence-electron chi connectivity index (χ1n) is 4.12. The Labute approximate surface area is 88.0 Å². The molecular weight excluding hydrogens is 222 g/mol. The summed E-state index contributed by atoms with van der Waals surface area (Å²) in [6.07, 6.45) is -3.77. The van der Waals surface area contributed by atoms with Gasteiger partial charge in [-0.2, -0.15) is 5.26 Å². The second-order valence-corrected chi connectivity index (χ2v) is 2.92. The number of hydrogen-bond donors (Lipinski definition) is 2. The van der Waals surface area contributed by atoms with Crippen molar-refractivity contribution in [2.75, 3.05) is 0 Å². The number of carbonyl (C=O) groups is 1. The smallest absolute Gasteiger partial charge is 0.307 e. The molecule has 16 heavy (non-hydrogen) atoms. The number of carboxylic acid groups (broad SMARTS) is 1. The zero-order valence-electron chi connectivity index (χ0n) is 7.83. The van der Waals surface area contributed by atoms with Crippen LogP contribution < -0.4 is 5.56 Å². The van der Waals surface area contributed by atoms with Crippen LogP contribution >= 0.6 is 0 Å². The summed E-state index contributed by atoms with van der Waals surface area (Å²) in [6.45, 7) is 0. The molecule has 84 valence electrons. The third kappa shape index (κ3) is 2.42. The van der Waals surface area contributed by atoms with Crippen LogP contribution in [0.1, 0.15) is 23.2 Å². The fraction of sp³-hybridized carbons (Fsp3) is 0.222. The Bertz CT molecular complexity index is 516. The van der Waals surface area contributed by atoms with E-state index in [0.29, 0.717) is 0 Å². The van der Waals surface area contributed by atoms with Gasteiger partial charge in [-0.3, -0.25) is 9.59 Å². The number of nitrogens with one attached hydrogen (secondary N) is 1. The van der Waals surface area contributed by atoms with Crippen LogP contribution in [0.25, 0.3) is 0 Å². The quantitative estimate of drug-likeness (QED) is 0.800. The molecule has 0 saturated carbocycles. The monoisotopic (exact) mass is 228 g/mol. The van der Waals surface area contributed by atoms with Crippen LogP contribution in [-0.2, 0) is 11.2 Å². The first-order valence-corrected chi connectivity index (χ1v) is 4.12. The minimum absolute atomic E-state index is 0.346. The van der Waals surface area contributed by atoms with E-state index < -0.39 is 30.1 Å². The summed E-state index contributed by atoms with van der Waals surface area (Å²) in [5.41, 5.74) is -2.38. The molecule has 1 heterocycles. The van der Waals surface area contributed by atoms with Crippen molar-refractivity contribution in [2.24, 2.45) is 0 Å². The number of nitriles is 1. The van der Waals surface area contributed by atoms with E-state index in [4.69, 9.17) is 10.4 Å². The molecular formula is C9H6F2N2O3. The summed E-state index contributed by atoms with van der Waals surface area (Å²) >= 11 is 0. The van der Waals surface area contributed by atoms with E-state index in [9.17, 15) is 18.4 Å². The van der Waals surface area contributed by atoms with Gasteiger partial charge in [-0.25, -0.2) is 8.78 Å². The van der Waals surface area contributed by atoms with E-state index in [1.54, 1.807) is 0 Å². The number of nitrogens with zero attached hydrogens (tertiary/aromatic N) is 1. The van der Waals surface area contributed by atoms with Crippen LogP contribution in [0, 0.1) is 11.3 Å². The van der Waals surface area contributed by atoms with E-state index in [2.05, 4.69) is 0 Å². The van der Waals surface area contributed by atoms with Crippen LogP contribution in [0.4, 0.5) is 8.78 Å². The molecule has 5 nitrogen and oxygen atoms in total. The van der Waals surface area contributed by atoms with Crippen molar-refractivity contribution in [3.8, 4) is 6.07 Å². The first kappa shape index (κ1) is 11.8. The van der Waals surface area contributed by atoms with Crippen molar-refractivity contribution in [2.45, 2.75) is 12.8 Å². The van der Waals surface area contributed by atoms with E-state index in [-0.39, 0.29) is 11.1 Å². The molecule has 1 aromatic rings. The maximum Gasteiger partial charge on any atom is 0.307 e. The molecule has 1 aromatic heterocycles. The van der Waals surface area contributed by atoms with E-state index in [1.165, 1.54) is 6.07 Å². The van der Waals surface area contributed by atoms with E-state index in [1.807, 2.05) is 4.98 Å². The normalized spacial score (nSPS) is 10.1. The summed E-state index contributed by atoms with van der Waals surface area (Å²) in [7, 11) is 0. The summed E-state index contributed by atoms with van der Waals surface area (Å²) in [6, 6.07) is 2.32. The molecule has 0 aliphatic heterocycles. The molecule has 0 aliphatic carbocycles. The van der Waals surface area contributed by atoms with Gasteiger partial charge in [0.25, 0.3) is 6.43 Å². The molecule has 0 fully saturated rings. The number of halogens is 2. The summed E-state index contributed by atoms with van der Waals surface area (Å²) in [5.74, 6) is -1.36. The van der Waals surface area contributed by atoms with Crippen molar-refractivity contribution >= 4 is 5.97 Å². The van der Waals surface area contributed by atoms with Gasteiger partial charge in [0, 0.05) is 11.6 Å². The number of aromatic nitrogens is 1. The molecule has 0 bridgehead atoms. The van der Waals surface area contributed by atoms with Gasteiger partial charge in [-0.15, -0.1) is 0 Å². The molecule has 0 atom stereocenters. The Morgan fingerprint density at radius 3 is 2.69 bits per heavy atom. The average molecular weight is 228 g/mol. The van der Waals surface area contributed by atoms with Gasteiger partial charge in [0.05, 0.1) is 23.7 Å². The third-order valence-electron chi connectivity index (χ3n) is 1.85. The Morgan fingerprint density at radius 1 is 1.62 bits per heavy atom. The predicted octanol–water partition coefficient (Wildman–Crippen LogP) is 0.811. The highest BCUT2D eigenvalue weighted by Gasteiger charge is 2.20. The van der Waals surface area contributed by atoms with Gasteiger partial charge < -0.3 is 10.1 Å². The molecule has 7 heteroatoms. The fourth-order valence-corrected chi connectivity index (χ4v) is 1.24.